The number of carbonyl (C=O) groups excluding carboxylic acids is 1. The van der Waals surface area contributed by atoms with Gasteiger partial charge in [0, 0.05) is 23.7 Å². The number of anilines is 1. The fourth-order valence-electron chi connectivity index (χ4n) is 3.28. The lowest BCUT2D eigenvalue weighted by Gasteiger charge is -2.22. The molecule has 0 bridgehead atoms. The van der Waals surface area contributed by atoms with Gasteiger partial charge in [0.05, 0.1) is 27.7 Å². The molecule has 5 rings (SSSR count). The molecule has 0 spiro atoms. The number of thioether (sulfide) groups is 1. The molecule has 1 aromatic carbocycles. The predicted molar refractivity (Wildman–Crippen MR) is 116 cm³/mol. The fraction of sp³-hybridized carbons (Fsp3) is 0.158. The molecule has 0 N–H and O–H groups in total. The van der Waals surface area contributed by atoms with Gasteiger partial charge in [0.25, 0.3) is 15.6 Å². The van der Waals surface area contributed by atoms with Crippen LogP contribution in [0.5, 0.6) is 0 Å². The lowest BCUT2D eigenvalue weighted by Crippen LogP contribution is -2.35. The number of amidine groups is 1. The van der Waals surface area contributed by atoms with Crippen LogP contribution in [0.3, 0.4) is 0 Å². The van der Waals surface area contributed by atoms with Crippen LogP contribution in [0.1, 0.15) is 16.1 Å². The molecule has 3 aromatic rings. The predicted octanol–water partition coefficient (Wildman–Crippen LogP) is 2.32. The summed E-state index contributed by atoms with van der Waals surface area (Å²) >= 11 is 7.09. The van der Waals surface area contributed by atoms with Crippen molar-refractivity contribution < 1.29 is 17.9 Å². The van der Waals surface area contributed by atoms with Crippen LogP contribution in [-0.4, -0.2) is 41.2 Å². The molecule has 9 nitrogen and oxygen atoms in total. The Morgan fingerprint density at radius 3 is 2.90 bits per heavy atom. The van der Waals surface area contributed by atoms with Crippen molar-refractivity contribution in [2.24, 2.45) is 4.40 Å². The summed E-state index contributed by atoms with van der Waals surface area (Å²) in [5.74, 6) is -0.633. The first-order chi connectivity index (χ1) is 14.8. The molecule has 2 aliphatic heterocycles. The van der Waals surface area contributed by atoms with E-state index < -0.39 is 16.0 Å². The largest absolute Gasteiger partial charge is 0.456 e. The van der Waals surface area contributed by atoms with Gasteiger partial charge in [-0.05, 0) is 42.1 Å². The summed E-state index contributed by atoms with van der Waals surface area (Å²) < 4.78 is 33.9. The SMILES string of the molecule is O=C(OCc1cc(=O)n2cc(Cl)ccc2n1)c1ccc2c(c1)SC1=NS(=O)(=O)CCN12. The zero-order valence-electron chi connectivity index (χ0n) is 15.7. The molecule has 0 atom stereocenters. The average Bonchev–Trinajstić information content (AvgIpc) is 3.07. The summed E-state index contributed by atoms with van der Waals surface area (Å²) in [6.45, 7) is 0.147. The van der Waals surface area contributed by atoms with E-state index in [-0.39, 0.29) is 17.9 Å². The first-order valence-corrected chi connectivity index (χ1v) is 11.9. The number of hydrogen-bond donors (Lipinski definition) is 0. The molecule has 0 aliphatic carbocycles. The quantitative estimate of drug-likeness (QED) is 0.529. The highest BCUT2D eigenvalue weighted by molar-refractivity contribution is 8.15. The molecule has 4 heterocycles. The normalized spacial score (nSPS) is 16.5. The number of halogens is 1. The maximum Gasteiger partial charge on any atom is 0.338 e. The second kappa shape index (κ2) is 7.36. The van der Waals surface area contributed by atoms with Gasteiger partial charge in [-0.2, -0.15) is 0 Å². The van der Waals surface area contributed by atoms with Gasteiger partial charge in [0.15, 0.2) is 5.17 Å². The third-order valence-corrected chi connectivity index (χ3v) is 7.27. The highest BCUT2D eigenvalue weighted by atomic mass is 35.5. The van der Waals surface area contributed by atoms with Crippen LogP contribution in [0, 0.1) is 0 Å². The van der Waals surface area contributed by atoms with Crippen LogP contribution in [0.2, 0.25) is 5.02 Å². The summed E-state index contributed by atoms with van der Waals surface area (Å²) in [5.41, 5.74) is 1.48. The summed E-state index contributed by atoms with van der Waals surface area (Å²) in [6, 6.07) is 9.49. The Labute approximate surface area is 185 Å². The topological polar surface area (TPSA) is 110 Å². The lowest BCUT2D eigenvalue weighted by molar-refractivity contribution is 0.0467. The van der Waals surface area contributed by atoms with Gasteiger partial charge in [0.1, 0.15) is 12.3 Å². The van der Waals surface area contributed by atoms with E-state index in [2.05, 4.69) is 9.38 Å². The number of aromatic nitrogens is 2. The van der Waals surface area contributed by atoms with Crippen molar-refractivity contribution in [3.8, 4) is 0 Å². The molecule has 31 heavy (non-hydrogen) atoms. The second-order valence-corrected chi connectivity index (χ2v) is 10.0. The maximum atomic E-state index is 12.5. The van der Waals surface area contributed by atoms with E-state index >= 15 is 0 Å². The maximum absolute atomic E-state index is 12.5. The minimum absolute atomic E-state index is 0.0504. The van der Waals surface area contributed by atoms with Gasteiger partial charge >= 0.3 is 5.97 Å². The first kappa shape index (κ1) is 20.0. The van der Waals surface area contributed by atoms with Crippen molar-refractivity contribution in [1.29, 1.82) is 0 Å². The third kappa shape index (κ3) is 3.80. The Bertz CT molecular complexity index is 1450. The van der Waals surface area contributed by atoms with Crippen molar-refractivity contribution in [1.82, 2.24) is 9.38 Å². The van der Waals surface area contributed by atoms with Gasteiger partial charge in [-0.3, -0.25) is 9.20 Å². The number of nitrogens with zero attached hydrogens (tertiary/aromatic N) is 4. The zero-order valence-corrected chi connectivity index (χ0v) is 18.1. The summed E-state index contributed by atoms with van der Waals surface area (Å²) in [5, 5.41) is 0.789. The van der Waals surface area contributed by atoms with Gasteiger partial charge in [-0.1, -0.05) is 11.6 Å². The number of sulfonamides is 1. The molecular formula is C19H13ClN4O5S2. The van der Waals surface area contributed by atoms with Gasteiger partial charge < -0.3 is 9.64 Å². The zero-order chi connectivity index (χ0) is 21.8. The number of esters is 1. The van der Waals surface area contributed by atoms with E-state index in [1.165, 1.54) is 28.4 Å². The summed E-state index contributed by atoms with van der Waals surface area (Å²) in [7, 11) is -3.45. The highest BCUT2D eigenvalue weighted by Crippen LogP contribution is 2.42. The Hall–Kier alpha value is -2.89. The molecule has 0 amide bonds. The van der Waals surface area contributed by atoms with E-state index in [0.29, 0.717) is 33.6 Å². The number of fused-ring (bicyclic) bond motifs is 4. The second-order valence-electron chi connectivity index (χ2n) is 6.83. The molecule has 2 aliphatic rings. The number of pyridine rings is 1. The standard InChI is InChI=1S/C19H13ClN4O5S2/c20-12-2-4-16-21-13(8-17(25)24(16)9-12)10-29-18(26)11-1-3-14-15(7-11)30-19-22-31(27,28)6-5-23(14)19/h1-4,7-9H,5-6,10H2. The smallest absolute Gasteiger partial charge is 0.338 e. The fourth-order valence-corrected chi connectivity index (χ4v) is 5.74. The first-order valence-electron chi connectivity index (χ1n) is 9.06. The molecule has 0 saturated heterocycles. The minimum atomic E-state index is -3.45. The summed E-state index contributed by atoms with van der Waals surface area (Å²) in [6.07, 6.45) is 1.47. The minimum Gasteiger partial charge on any atom is -0.456 e. The molecule has 2 aromatic heterocycles. The van der Waals surface area contributed by atoms with Crippen LogP contribution < -0.4 is 10.5 Å². The lowest BCUT2D eigenvalue weighted by atomic mass is 10.2. The van der Waals surface area contributed by atoms with Crippen molar-refractivity contribution in [3.05, 3.63) is 69.2 Å². The van der Waals surface area contributed by atoms with E-state index in [9.17, 15) is 18.0 Å². The monoisotopic (exact) mass is 476 g/mol. The van der Waals surface area contributed by atoms with Crippen LogP contribution in [0.25, 0.3) is 5.65 Å². The van der Waals surface area contributed by atoms with E-state index in [0.717, 1.165) is 10.6 Å². The number of hydrogen-bond acceptors (Lipinski definition) is 8. The Morgan fingerprint density at radius 1 is 1.23 bits per heavy atom. The third-order valence-electron chi connectivity index (χ3n) is 4.74. The highest BCUT2D eigenvalue weighted by Gasteiger charge is 2.33. The van der Waals surface area contributed by atoms with Gasteiger partial charge in [0.2, 0.25) is 0 Å². The van der Waals surface area contributed by atoms with Crippen molar-refractivity contribution >= 4 is 55.9 Å². The number of rotatable bonds is 3. The van der Waals surface area contributed by atoms with E-state index in [4.69, 9.17) is 16.3 Å². The van der Waals surface area contributed by atoms with Crippen molar-refractivity contribution in [2.75, 3.05) is 17.2 Å². The van der Waals surface area contributed by atoms with Crippen molar-refractivity contribution in [2.45, 2.75) is 11.5 Å². The van der Waals surface area contributed by atoms with E-state index in [1.807, 2.05) is 4.90 Å². The van der Waals surface area contributed by atoms with Gasteiger partial charge in [-0.15, -0.1) is 4.40 Å². The van der Waals surface area contributed by atoms with Crippen LogP contribution in [0.15, 0.2) is 56.7 Å². The average molecular weight is 477 g/mol. The molecule has 0 fully saturated rings. The number of ether oxygens (including phenoxy) is 1. The van der Waals surface area contributed by atoms with Gasteiger partial charge in [-0.25, -0.2) is 18.2 Å². The molecule has 0 unspecified atom stereocenters. The molecule has 12 heteroatoms. The molecular weight excluding hydrogens is 464 g/mol. The van der Waals surface area contributed by atoms with Crippen LogP contribution in [-0.2, 0) is 21.4 Å². The van der Waals surface area contributed by atoms with E-state index in [1.54, 1.807) is 30.3 Å². The van der Waals surface area contributed by atoms with Crippen molar-refractivity contribution in [3.63, 3.8) is 0 Å². The molecule has 0 saturated carbocycles. The molecule has 0 radical (unpaired) electrons. The number of carbonyl (C=O) groups is 1. The number of benzene rings is 1. The Morgan fingerprint density at radius 2 is 2.06 bits per heavy atom. The Balaban J connectivity index is 1.34. The van der Waals surface area contributed by atoms with Crippen LogP contribution >= 0.6 is 23.4 Å². The molecule has 158 valence electrons. The summed E-state index contributed by atoms with van der Waals surface area (Å²) in [4.78, 5) is 31.6. The van der Waals surface area contributed by atoms with Crippen LogP contribution in [0.4, 0.5) is 5.69 Å². The Kier molecular flexibility index (Phi) is 4.76.